The van der Waals surface area contributed by atoms with Crippen LogP contribution in [0.25, 0.3) is 55.0 Å². The Labute approximate surface area is 212 Å². The van der Waals surface area contributed by atoms with Gasteiger partial charge in [-0.1, -0.05) is 18.6 Å². The van der Waals surface area contributed by atoms with Gasteiger partial charge in [0, 0.05) is 46.5 Å². The van der Waals surface area contributed by atoms with E-state index in [9.17, 15) is 0 Å². The molecule has 6 aromatic rings. The van der Waals surface area contributed by atoms with Crippen molar-refractivity contribution in [3.63, 3.8) is 0 Å². The third-order valence-corrected chi connectivity index (χ3v) is 7.85. The summed E-state index contributed by atoms with van der Waals surface area (Å²) in [6, 6.07) is 12.8. The quantitative estimate of drug-likeness (QED) is 0.296. The van der Waals surface area contributed by atoms with Crippen LogP contribution in [0, 0.1) is 0 Å². The highest BCUT2D eigenvalue weighted by molar-refractivity contribution is 7.13. The first kappa shape index (κ1) is 21.4. The summed E-state index contributed by atoms with van der Waals surface area (Å²) in [5.74, 6) is 0.733. The molecule has 1 aliphatic heterocycles. The molecule has 7 nitrogen and oxygen atoms in total. The summed E-state index contributed by atoms with van der Waals surface area (Å²) in [4.78, 5) is 21.1. The highest BCUT2D eigenvalue weighted by atomic mass is 32.1. The zero-order chi connectivity index (χ0) is 23.9. The van der Waals surface area contributed by atoms with Gasteiger partial charge in [-0.2, -0.15) is 5.10 Å². The van der Waals surface area contributed by atoms with Crippen molar-refractivity contribution in [3.8, 4) is 33.1 Å². The first-order valence-corrected chi connectivity index (χ1v) is 13.2. The Bertz CT molecular complexity index is 1660. The Morgan fingerprint density at radius 3 is 2.69 bits per heavy atom. The zero-order valence-corrected chi connectivity index (χ0v) is 20.6. The predicted octanol–water partition coefficient (Wildman–Crippen LogP) is 6.28. The summed E-state index contributed by atoms with van der Waals surface area (Å²) < 4.78 is 0. The molecule has 0 atom stereocenters. The number of nitrogens with one attached hydrogen (secondary N) is 2. The number of imidazole rings is 1. The second-order valence-corrected chi connectivity index (χ2v) is 10.3. The van der Waals surface area contributed by atoms with Crippen molar-refractivity contribution >= 4 is 33.3 Å². The molecule has 1 fully saturated rings. The first-order valence-electron chi connectivity index (χ1n) is 12.3. The highest BCUT2D eigenvalue weighted by Crippen LogP contribution is 2.34. The molecule has 0 radical (unpaired) electrons. The largest absolute Gasteiger partial charge is 0.335 e. The van der Waals surface area contributed by atoms with Crippen LogP contribution in [-0.2, 0) is 6.54 Å². The Balaban J connectivity index is 1.26. The molecule has 2 N–H and O–H groups in total. The summed E-state index contributed by atoms with van der Waals surface area (Å²) in [5, 5.41) is 10.9. The van der Waals surface area contributed by atoms with Gasteiger partial charge in [-0.15, -0.1) is 11.3 Å². The summed E-state index contributed by atoms with van der Waals surface area (Å²) >= 11 is 1.69. The van der Waals surface area contributed by atoms with E-state index in [1.807, 2.05) is 30.9 Å². The van der Waals surface area contributed by atoms with Gasteiger partial charge in [-0.25, -0.2) is 4.98 Å². The summed E-state index contributed by atoms with van der Waals surface area (Å²) in [6.45, 7) is 3.31. The van der Waals surface area contributed by atoms with Crippen LogP contribution >= 0.6 is 11.3 Å². The fourth-order valence-electron chi connectivity index (χ4n) is 5.14. The number of nitrogens with zero attached hydrogens (tertiary/aromatic N) is 5. The van der Waals surface area contributed by atoms with Crippen molar-refractivity contribution in [2.24, 2.45) is 0 Å². The van der Waals surface area contributed by atoms with E-state index in [-0.39, 0.29) is 0 Å². The van der Waals surface area contributed by atoms with Gasteiger partial charge in [0.05, 0.1) is 17.2 Å². The van der Waals surface area contributed by atoms with Gasteiger partial charge in [0.15, 0.2) is 5.82 Å². The zero-order valence-electron chi connectivity index (χ0n) is 19.7. The van der Waals surface area contributed by atoms with Gasteiger partial charge in [0.1, 0.15) is 11.2 Å². The molecule has 1 saturated heterocycles. The third kappa shape index (κ3) is 3.88. The maximum Gasteiger partial charge on any atom is 0.159 e. The maximum atomic E-state index is 4.95. The molecule has 0 bridgehead atoms. The number of aromatic nitrogens is 6. The van der Waals surface area contributed by atoms with E-state index < -0.39 is 0 Å². The molecule has 1 aliphatic rings. The van der Waals surface area contributed by atoms with Gasteiger partial charge in [-0.3, -0.25) is 20.0 Å². The van der Waals surface area contributed by atoms with Gasteiger partial charge in [0.2, 0.25) is 0 Å². The molecular formula is C28H25N7S. The van der Waals surface area contributed by atoms with Gasteiger partial charge >= 0.3 is 0 Å². The molecule has 178 valence electrons. The van der Waals surface area contributed by atoms with Crippen LogP contribution in [0.3, 0.4) is 0 Å². The average Bonchev–Trinajstić information content (AvgIpc) is 3.68. The Morgan fingerprint density at radius 2 is 1.81 bits per heavy atom. The minimum absolute atomic E-state index is 0.733. The van der Waals surface area contributed by atoms with E-state index in [1.165, 1.54) is 37.9 Å². The second kappa shape index (κ2) is 8.96. The number of hydrogen-bond donors (Lipinski definition) is 2. The van der Waals surface area contributed by atoms with Gasteiger partial charge in [-0.05, 0) is 66.7 Å². The van der Waals surface area contributed by atoms with Crippen LogP contribution in [0.5, 0.6) is 0 Å². The molecular weight excluding hydrogens is 466 g/mol. The minimum Gasteiger partial charge on any atom is -0.335 e. The van der Waals surface area contributed by atoms with Gasteiger partial charge < -0.3 is 4.98 Å². The number of thiophene rings is 1. The number of aromatic amines is 2. The molecule has 7 rings (SSSR count). The van der Waals surface area contributed by atoms with Crippen molar-refractivity contribution in [3.05, 3.63) is 72.1 Å². The fourth-order valence-corrected chi connectivity index (χ4v) is 5.88. The first-order chi connectivity index (χ1) is 17.8. The van der Waals surface area contributed by atoms with Crippen molar-refractivity contribution < 1.29 is 0 Å². The molecule has 5 aromatic heterocycles. The van der Waals surface area contributed by atoms with E-state index in [0.717, 1.165) is 61.6 Å². The average molecular weight is 492 g/mol. The predicted molar refractivity (Wildman–Crippen MR) is 145 cm³/mol. The van der Waals surface area contributed by atoms with Crippen LogP contribution in [0.1, 0.15) is 24.8 Å². The van der Waals surface area contributed by atoms with Crippen molar-refractivity contribution in [1.82, 2.24) is 35.0 Å². The highest BCUT2D eigenvalue weighted by Gasteiger charge is 2.17. The smallest absolute Gasteiger partial charge is 0.159 e. The third-order valence-electron chi connectivity index (χ3n) is 6.95. The summed E-state index contributed by atoms with van der Waals surface area (Å²) in [6.07, 6.45) is 11.6. The van der Waals surface area contributed by atoms with Crippen LogP contribution in [0.2, 0.25) is 0 Å². The Kier molecular flexibility index (Phi) is 5.33. The van der Waals surface area contributed by atoms with E-state index in [2.05, 4.69) is 65.8 Å². The molecule has 0 spiro atoms. The number of H-pyrrole nitrogens is 2. The van der Waals surface area contributed by atoms with Crippen LogP contribution < -0.4 is 0 Å². The Hall–Kier alpha value is -3.88. The minimum atomic E-state index is 0.733. The second-order valence-electron chi connectivity index (χ2n) is 9.40. The lowest BCUT2D eigenvalue weighted by molar-refractivity contribution is 0.220. The van der Waals surface area contributed by atoms with E-state index in [4.69, 9.17) is 4.98 Å². The number of pyridine rings is 2. The monoisotopic (exact) mass is 491 g/mol. The Morgan fingerprint density at radius 1 is 0.889 bits per heavy atom. The lowest BCUT2D eigenvalue weighted by atomic mass is 10.0. The molecule has 6 heterocycles. The van der Waals surface area contributed by atoms with Crippen molar-refractivity contribution in [2.45, 2.75) is 25.8 Å². The number of benzene rings is 1. The summed E-state index contributed by atoms with van der Waals surface area (Å²) in [5.41, 5.74) is 8.11. The van der Waals surface area contributed by atoms with Crippen LogP contribution in [0.4, 0.5) is 0 Å². The van der Waals surface area contributed by atoms with E-state index >= 15 is 0 Å². The molecule has 0 amide bonds. The van der Waals surface area contributed by atoms with Crippen molar-refractivity contribution in [1.29, 1.82) is 0 Å². The standard InChI is InChI=1S/C28H25N7S/c1-2-8-35(9-3-1)17-18-11-20(14-29-13-18)19-6-7-23-21(12-19)27(34-33-23)28-31-24-16-30-15-22(26(24)32-28)25-5-4-10-36-25/h4-7,10-16H,1-3,8-9,17H2,(H,31,32)(H,33,34). The van der Waals surface area contributed by atoms with Crippen molar-refractivity contribution in [2.75, 3.05) is 13.1 Å². The van der Waals surface area contributed by atoms with Crippen LogP contribution in [-0.4, -0.2) is 48.1 Å². The number of likely N-dealkylation sites (tertiary alicyclic amines) is 1. The van der Waals surface area contributed by atoms with Gasteiger partial charge in [0.25, 0.3) is 0 Å². The topological polar surface area (TPSA) is 86.4 Å². The molecule has 36 heavy (non-hydrogen) atoms. The maximum absolute atomic E-state index is 4.95. The molecule has 0 saturated carbocycles. The number of hydrogen-bond acceptors (Lipinski definition) is 6. The molecule has 8 heteroatoms. The van der Waals surface area contributed by atoms with Crippen LogP contribution in [0.15, 0.2) is 66.6 Å². The lowest BCUT2D eigenvalue weighted by Crippen LogP contribution is -2.29. The fraction of sp³-hybridized carbons (Fsp3) is 0.214. The molecule has 0 aliphatic carbocycles. The van der Waals surface area contributed by atoms with E-state index in [1.54, 1.807) is 11.3 Å². The number of piperidine rings is 1. The molecule has 1 aromatic carbocycles. The number of fused-ring (bicyclic) bond motifs is 2. The lowest BCUT2D eigenvalue weighted by Gasteiger charge is -2.26. The normalized spacial score (nSPS) is 14.7. The molecule has 0 unspecified atom stereocenters. The SMILES string of the molecule is c1csc(-c2cncc3[nH]c(-c4n[nH]c5ccc(-c6cncc(CN7CCCCC7)c6)cc45)nc23)c1. The summed E-state index contributed by atoms with van der Waals surface area (Å²) in [7, 11) is 0. The number of rotatable bonds is 5. The van der Waals surface area contributed by atoms with E-state index in [0.29, 0.717) is 0 Å².